The van der Waals surface area contributed by atoms with E-state index in [2.05, 4.69) is 10.6 Å². The summed E-state index contributed by atoms with van der Waals surface area (Å²) in [6, 6.07) is 21.2. The second-order valence-electron chi connectivity index (χ2n) is 15.5. The molecule has 0 heterocycles. The first-order valence-electron chi connectivity index (χ1n) is 17.4. The fraction of sp³-hybridized carbons (Fsp3) is 0.463. The van der Waals surface area contributed by atoms with Gasteiger partial charge in [0.15, 0.2) is 0 Å². The largest absolute Gasteiger partial charge is 0.458 e. The minimum Gasteiger partial charge on any atom is -0.458 e. The van der Waals surface area contributed by atoms with E-state index in [0.717, 1.165) is 22.3 Å². The van der Waals surface area contributed by atoms with Crippen LogP contribution in [-0.2, 0) is 36.7 Å². The predicted molar refractivity (Wildman–Crippen MR) is 194 cm³/mol. The van der Waals surface area contributed by atoms with Gasteiger partial charge in [-0.15, -0.1) is 0 Å². The highest BCUT2D eigenvalue weighted by molar-refractivity contribution is 5.94. The Labute approximate surface area is 297 Å². The summed E-state index contributed by atoms with van der Waals surface area (Å²) in [6.07, 6.45) is 0.346. The molecule has 2 N–H and O–H groups in total. The summed E-state index contributed by atoms with van der Waals surface area (Å²) < 4.78 is 11.4. The summed E-state index contributed by atoms with van der Waals surface area (Å²) in [5, 5.41) is 5.83. The number of carbonyl (C=O) groups is 4. The Hall–Kier alpha value is -4.66. The number of rotatable bonds is 12. The van der Waals surface area contributed by atoms with E-state index in [1.165, 1.54) is 0 Å². The first-order chi connectivity index (χ1) is 23.4. The van der Waals surface area contributed by atoms with Gasteiger partial charge in [-0.3, -0.25) is 9.59 Å². The highest BCUT2D eigenvalue weighted by Gasteiger charge is 2.49. The molecule has 0 aliphatic heterocycles. The number of nitrogens with one attached hydrogen (secondary N) is 2. The van der Waals surface area contributed by atoms with E-state index in [-0.39, 0.29) is 24.8 Å². The van der Waals surface area contributed by atoms with Crippen LogP contribution in [0.2, 0.25) is 0 Å². The molecule has 0 bridgehead atoms. The minimum atomic E-state index is -1.10. The zero-order chi connectivity index (χ0) is 36.8. The zero-order valence-corrected chi connectivity index (χ0v) is 30.9. The topological polar surface area (TPSA) is 114 Å². The lowest BCUT2D eigenvalue weighted by molar-refractivity contribution is -0.159. The number of nitrogens with zero attached hydrogens (tertiary/aromatic N) is 1. The zero-order valence-electron chi connectivity index (χ0n) is 30.9. The maximum Gasteiger partial charge on any atom is 0.408 e. The fourth-order valence-electron chi connectivity index (χ4n) is 6.07. The molecule has 3 aromatic carbocycles. The molecule has 3 aromatic rings. The minimum absolute atomic E-state index is 0.116. The van der Waals surface area contributed by atoms with Crippen molar-refractivity contribution < 1.29 is 28.7 Å². The third-order valence-corrected chi connectivity index (χ3v) is 8.49. The lowest BCUT2D eigenvalue weighted by atomic mass is 9.95. The molecule has 1 fully saturated rings. The Morgan fingerprint density at radius 1 is 0.760 bits per heavy atom. The number of ether oxygens (including phenoxy) is 2. The Bertz CT molecular complexity index is 1640. The molecule has 0 radical (unpaired) electrons. The highest BCUT2D eigenvalue weighted by Crippen LogP contribution is 2.41. The lowest BCUT2D eigenvalue weighted by Crippen LogP contribution is -2.56. The van der Waals surface area contributed by atoms with Crippen LogP contribution in [0.1, 0.15) is 88.7 Å². The molecule has 0 saturated heterocycles. The summed E-state index contributed by atoms with van der Waals surface area (Å²) >= 11 is 0. The van der Waals surface area contributed by atoms with Crippen LogP contribution in [-0.4, -0.2) is 58.1 Å². The van der Waals surface area contributed by atoms with Crippen molar-refractivity contribution in [3.63, 3.8) is 0 Å². The van der Waals surface area contributed by atoms with Crippen LogP contribution >= 0.6 is 0 Å². The molecule has 3 amide bonds. The van der Waals surface area contributed by atoms with Gasteiger partial charge in [0.25, 0.3) is 0 Å². The van der Waals surface area contributed by atoms with Crippen molar-refractivity contribution in [2.24, 2.45) is 5.92 Å². The number of alkyl carbamates (subject to hydrolysis) is 1. The van der Waals surface area contributed by atoms with Crippen molar-refractivity contribution in [1.82, 2.24) is 15.5 Å². The standard InChI is InChI=1S/C41H53N3O6/c1-26-20-21-31(27(2)22-26)35(36(45)42-33(38(47)49-40(4,5)6)25-30-18-14-11-15-19-30)44(34-23-28(34)3)37(46)32(24-29-16-12-10-13-17-29)43-39(48)50-41(7,8)9/h10-22,28,32-35H,23-25H2,1-9H3,(H,42,45)(H,43,48). The molecule has 0 spiro atoms. The Kier molecular flexibility index (Phi) is 12.1. The number of benzene rings is 3. The van der Waals surface area contributed by atoms with Gasteiger partial charge < -0.3 is 25.0 Å². The van der Waals surface area contributed by atoms with Gasteiger partial charge in [-0.2, -0.15) is 0 Å². The molecular formula is C41H53N3O6. The van der Waals surface area contributed by atoms with Crippen LogP contribution in [0.25, 0.3) is 0 Å². The maximum absolute atomic E-state index is 15.0. The molecule has 5 atom stereocenters. The van der Waals surface area contributed by atoms with Crippen LogP contribution in [0.5, 0.6) is 0 Å². The van der Waals surface area contributed by atoms with Gasteiger partial charge >= 0.3 is 12.1 Å². The maximum atomic E-state index is 15.0. The molecule has 50 heavy (non-hydrogen) atoms. The summed E-state index contributed by atoms with van der Waals surface area (Å²) in [7, 11) is 0. The van der Waals surface area contributed by atoms with Gasteiger partial charge in [-0.05, 0) is 90.0 Å². The number of aryl methyl sites for hydroxylation is 2. The lowest BCUT2D eigenvalue weighted by Gasteiger charge is -2.36. The first-order valence-corrected chi connectivity index (χ1v) is 17.4. The van der Waals surface area contributed by atoms with E-state index in [9.17, 15) is 19.2 Å². The Morgan fingerprint density at radius 2 is 1.28 bits per heavy atom. The van der Waals surface area contributed by atoms with E-state index in [1.807, 2.05) is 99.6 Å². The number of carbonyl (C=O) groups excluding carboxylic acids is 4. The SMILES string of the molecule is Cc1ccc(C(C(=O)NC(Cc2ccccc2)C(=O)OC(C)(C)C)N(C(=O)C(Cc2ccccc2)NC(=O)OC(C)(C)C)C2CC2C)c(C)c1. The Morgan fingerprint density at radius 3 is 1.76 bits per heavy atom. The third kappa shape index (κ3) is 10.9. The Balaban J connectivity index is 1.79. The molecule has 1 aliphatic rings. The number of hydrogen-bond donors (Lipinski definition) is 2. The van der Waals surface area contributed by atoms with Crippen molar-refractivity contribution in [3.05, 3.63) is 107 Å². The molecule has 1 saturated carbocycles. The van der Waals surface area contributed by atoms with Crippen molar-refractivity contribution in [1.29, 1.82) is 0 Å². The van der Waals surface area contributed by atoms with Crippen LogP contribution in [0.15, 0.2) is 78.9 Å². The van der Waals surface area contributed by atoms with Crippen molar-refractivity contribution in [3.8, 4) is 0 Å². The molecule has 0 aromatic heterocycles. The van der Waals surface area contributed by atoms with Crippen LogP contribution in [0.4, 0.5) is 4.79 Å². The second-order valence-corrected chi connectivity index (χ2v) is 15.5. The molecule has 268 valence electrons. The first kappa shape index (κ1) is 38.1. The fourth-order valence-corrected chi connectivity index (χ4v) is 6.07. The van der Waals surface area contributed by atoms with Gasteiger partial charge in [0.1, 0.15) is 29.3 Å². The number of esters is 1. The van der Waals surface area contributed by atoms with Gasteiger partial charge in [-0.25, -0.2) is 9.59 Å². The van der Waals surface area contributed by atoms with E-state index < -0.39 is 53.2 Å². The normalized spacial score (nSPS) is 17.5. The summed E-state index contributed by atoms with van der Waals surface area (Å²) in [5.74, 6) is -1.37. The molecule has 9 heteroatoms. The number of hydrogen-bond acceptors (Lipinski definition) is 6. The van der Waals surface area contributed by atoms with E-state index in [0.29, 0.717) is 12.0 Å². The summed E-state index contributed by atoms with van der Waals surface area (Å²) in [5.41, 5.74) is 2.59. The van der Waals surface area contributed by atoms with Gasteiger partial charge in [-0.1, -0.05) is 91.3 Å². The molecule has 5 unspecified atom stereocenters. The molecule has 1 aliphatic carbocycles. The quantitative estimate of drug-likeness (QED) is 0.203. The predicted octanol–water partition coefficient (Wildman–Crippen LogP) is 6.79. The molecule has 9 nitrogen and oxygen atoms in total. The molecule has 4 rings (SSSR count). The van der Waals surface area contributed by atoms with Gasteiger partial charge in [0.05, 0.1) is 0 Å². The second kappa shape index (κ2) is 15.9. The summed E-state index contributed by atoms with van der Waals surface area (Å²) in [4.78, 5) is 58.2. The van der Waals surface area contributed by atoms with E-state index in [1.54, 1.807) is 46.4 Å². The smallest absolute Gasteiger partial charge is 0.408 e. The van der Waals surface area contributed by atoms with Crippen LogP contribution in [0.3, 0.4) is 0 Å². The van der Waals surface area contributed by atoms with Gasteiger partial charge in [0.2, 0.25) is 11.8 Å². The average molecular weight is 684 g/mol. The van der Waals surface area contributed by atoms with E-state index in [4.69, 9.17) is 9.47 Å². The van der Waals surface area contributed by atoms with Crippen LogP contribution in [0, 0.1) is 19.8 Å². The highest BCUT2D eigenvalue weighted by atomic mass is 16.6. The van der Waals surface area contributed by atoms with Crippen molar-refractivity contribution in [2.75, 3.05) is 0 Å². The monoisotopic (exact) mass is 683 g/mol. The van der Waals surface area contributed by atoms with Crippen LogP contribution < -0.4 is 10.6 Å². The third-order valence-electron chi connectivity index (χ3n) is 8.49. The molecular weight excluding hydrogens is 630 g/mol. The average Bonchev–Trinajstić information content (AvgIpc) is 3.74. The van der Waals surface area contributed by atoms with E-state index >= 15 is 0 Å². The summed E-state index contributed by atoms with van der Waals surface area (Å²) in [6.45, 7) is 16.5. The number of amides is 3. The van der Waals surface area contributed by atoms with Gasteiger partial charge in [0, 0.05) is 18.9 Å². The van der Waals surface area contributed by atoms with Crippen molar-refractivity contribution in [2.45, 2.75) is 117 Å². The van der Waals surface area contributed by atoms with Crippen molar-refractivity contribution >= 4 is 23.9 Å².